The minimum Gasteiger partial charge on any atom is -0.490 e. The lowest BCUT2D eigenvalue weighted by Crippen LogP contribution is -2.82. The Morgan fingerprint density at radius 2 is 2.31 bits per heavy atom. The molecular formula is C13H20NO2+. The van der Waals surface area contributed by atoms with Crippen molar-refractivity contribution in [3.63, 3.8) is 0 Å². The zero-order chi connectivity index (χ0) is 11.6. The van der Waals surface area contributed by atoms with Crippen LogP contribution in [0.3, 0.4) is 0 Å². The van der Waals surface area contributed by atoms with Gasteiger partial charge in [-0.15, -0.1) is 0 Å². The maximum atomic E-state index is 8.66. The Bertz CT molecular complexity index is 313. The monoisotopic (exact) mass is 222 g/mol. The highest BCUT2D eigenvalue weighted by Gasteiger charge is 1.98. The molecule has 3 heteroatoms. The van der Waals surface area contributed by atoms with Gasteiger partial charge in [-0.2, -0.15) is 0 Å². The van der Waals surface area contributed by atoms with Crippen LogP contribution in [0.15, 0.2) is 36.9 Å². The number of ether oxygens (including phenoxy) is 1. The van der Waals surface area contributed by atoms with Crippen LogP contribution in [0.25, 0.3) is 0 Å². The molecule has 3 N–H and O–H groups in total. The molecule has 0 spiro atoms. The second-order valence-electron chi connectivity index (χ2n) is 3.61. The molecule has 0 saturated heterocycles. The first-order valence-corrected chi connectivity index (χ1v) is 5.62. The molecule has 1 aromatic carbocycles. The Labute approximate surface area is 96.8 Å². The fourth-order valence-corrected chi connectivity index (χ4v) is 1.42. The highest BCUT2D eigenvalue weighted by Crippen LogP contribution is 2.12. The third-order valence-electron chi connectivity index (χ3n) is 2.21. The summed E-state index contributed by atoms with van der Waals surface area (Å²) in [6.07, 6.45) is 2.58. The SMILES string of the molecule is C=CCOc1cccc(C[NH2+]CCCO)c1. The topological polar surface area (TPSA) is 46.1 Å². The summed E-state index contributed by atoms with van der Waals surface area (Å²) in [4.78, 5) is 0. The van der Waals surface area contributed by atoms with Gasteiger partial charge in [-0.3, -0.25) is 0 Å². The van der Waals surface area contributed by atoms with Crippen LogP contribution >= 0.6 is 0 Å². The molecule has 0 aromatic heterocycles. The van der Waals surface area contributed by atoms with E-state index in [-0.39, 0.29) is 6.61 Å². The maximum Gasteiger partial charge on any atom is 0.120 e. The smallest absolute Gasteiger partial charge is 0.120 e. The lowest BCUT2D eigenvalue weighted by molar-refractivity contribution is -0.671. The van der Waals surface area contributed by atoms with Gasteiger partial charge in [-0.05, 0) is 12.1 Å². The van der Waals surface area contributed by atoms with Gasteiger partial charge in [0, 0.05) is 18.6 Å². The lowest BCUT2D eigenvalue weighted by atomic mass is 10.2. The summed E-state index contributed by atoms with van der Waals surface area (Å²) in [7, 11) is 0. The van der Waals surface area contributed by atoms with E-state index >= 15 is 0 Å². The first kappa shape index (κ1) is 12.7. The van der Waals surface area contributed by atoms with E-state index in [2.05, 4.69) is 18.0 Å². The highest BCUT2D eigenvalue weighted by atomic mass is 16.5. The lowest BCUT2D eigenvalue weighted by Gasteiger charge is -2.05. The number of rotatable bonds is 8. The van der Waals surface area contributed by atoms with Gasteiger partial charge in [-0.1, -0.05) is 24.8 Å². The van der Waals surface area contributed by atoms with Gasteiger partial charge in [0.15, 0.2) is 0 Å². The number of aliphatic hydroxyl groups excluding tert-OH is 1. The molecule has 88 valence electrons. The van der Waals surface area contributed by atoms with E-state index in [1.807, 2.05) is 18.2 Å². The number of hydrogen-bond donors (Lipinski definition) is 2. The molecule has 0 unspecified atom stereocenters. The van der Waals surface area contributed by atoms with Gasteiger partial charge in [0.1, 0.15) is 18.9 Å². The van der Waals surface area contributed by atoms with Crippen molar-refractivity contribution >= 4 is 0 Å². The van der Waals surface area contributed by atoms with Crippen molar-refractivity contribution in [2.45, 2.75) is 13.0 Å². The van der Waals surface area contributed by atoms with E-state index in [1.165, 1.54) is 5.56 Å². The van der Waals surface area contributed by atoms with Crippen molar-refractivity contribution in [3.05, 3.63) is 42.5 Å². The molecule has 0 radical (unpaired) electrons. The highest BCUT2D eigenvalue weighted by molar-refractivity contribution is 5.28. The van der Waals surface area contributed by atoms with Gasteiger partial charge >= 0.3 is 0 Å². The summed E-state index contributed by atoms with van der Waals surface area (Å²) in [6, 6.07) is 8.06. The molecule has 1 aromatic rings. The van der Waals surface area contributed by atoms with E-state index in [0.717, 1.165) is 25.3 Å². The summed E-state index contributed by atoms with van der Waals surface area (Å²) >= 11 is 0. The number of nitrogens with two attached hydrogens (primary N) is 1. The molecule has 0 aliphatic carbocycles. The summed E-state index contributed by atoms with van der Waals surface area (Å²) in [5, 5.41) is 10.8. The van der Waals surface area contributed by atoms with Gasteiger partial charge < -0.3 is 15.2 Å². The van der Waals surface area contributed by atoms with Crippen LogP contribution in [0.1, 0.15) is 12.0 Å². The summed E-state index contributed by atoms with van der Waals surface area (Å²) in [5.41, 5.74) is 1.24. The second kappa shape index (κ2) is 7.91. The number of benzene rings is 1. The van der Waals surface area contributed by atoms with Crippen molar-refractivity contribution < 1.29 is 15.2 Å². The Morgan fingerprint density at radius 1 is 1.44 bits per heavy atom. The van der Waals surface area contributed by atoms with E-state index in [9.17, 15) is 0 Å². The van der Waals surface area contributed by atoms with Crippen LogP contribution in [0.5, 0.6) is 5.75 Å². The quantitative estimate of drug-likeness (QED) is 0.502. The van der Waals surface area contributed by atoms with Gasteiger partial charge in [-0.25, -0.2) is 0 Å². The Kier molecular flexibility index (Phi) is 6.30. The summed E-state index contributed by atoms with van der Waals surface area (Å²) in [5.74, 6) is 0.882. The average molecular weight is 222 g/mol. The molecule has 0 atom stereocenters. The van der Waals surface area contributed by atoms with Crippen LogP contribution in [-0.4, -0.2) is 24.9 Å². The molecule has 0 aliphatic rings. The van der Waals surface area contributed by atoms with E-state index in [1.54, 1.807) is 6.08 Å². The summed E-state index contributed by atoms with van der Waals surface area (Å²) in [6.45, 7) is 6.29. The molecule has 0 bridgehead atoms. The van der Waals surface area contributed by atoms with Crippen LogP contribution in [-0.2, 0) is 6.54 Å². The van der Waals surface area contributed by atoms with Crippen molar-refractivity contribution in [1.82, 2.24) is 0 Å². The standard InChI is InChI=1S/C13H19NO2/c1-2-9-16-13-6-3-5-12(10-13)11-14-7-4-8-15/h2-3,5-6,10,14-15H,1,4,7-9,11H2/p+1. The zero-order valence-electron chi connectivity index (χ0n) is 9.56. The first-order chi connectivity index (χ1) is 7.86. The van der Waals surface area contributed by atoms with Crippen molar-refractivity contribution in [3.8, 4) is 5.75 Å². The van der Waals surface area contributed by atoms with Crippen molar-refractivity contribution in [2.75, 3.05) is 19.8 Å². The third kappa shape index (κ3) is 4.96. The minimum atomic E-state index is 0.263. The van der Waals surface area contributed by atoms with Gasteiger partial charge in [0.25, 0.3) is 0 Å². The first-order valence-electron chi connectivity index (χ1n) is 5.62. The van der Waals surface area contributed by atoms with E-state index < -0.39 is 0 Å². The predicted octanol–water partition coefficient (Wildman–Crippen LogP) is 0.697. The normalized spacial score (nSPS) is 10.1. The molecule has 16 heavy (non-hydrogen) atoms. The Morgan fingerprint density at radius 3 is 3.06 bits per heavy atom. The predicted molar refractivity (Wildman–Crippen MR) is 64.3 cm³/mol. The van der Waals surface area contributed by atoms with E-state index in [0.29, 0.717) is 6.61 Å². The number of hydrogen-bond acceptors (Lipinski definition) is 2. The zero-order valence-corrected chi connectivity index (χ0v) is 9.56. The Balaban J connectivity index is 2.37. The molecule has 0 amide bonds. The molecular weight excluding hydrogens is 202 g/mol. The molecule has 1 rings (SSSR count). The minimum absolute atomic E-state index is 0.263. The summed E-state index contributed by atoms with van der Waals surface area (Å²) < 4.78 is 5.45. The van der Waals surface area contributed by atoms with Crippen molar-refractivity contribution in [2.24, 2.45) is 0 Å². The van der Waals surface area contributed by atoms with Gasteiger partial charge in [0.05, 0.1) is 6.54 Å². The van der Waals surface area contributed by atoms with Crippen LogP contribution in [0.4, 0.5) is 0 Å². The van der Waals surface area contributed by atoms with Crippen LogP contribution < -0.4 is 10.1 Å². The fourth-order valence-electron chi connectivity index (χ4n) is 1.42. The fraction of sp³-hybridized carbons (Fsp3) is 0.385. The average Bonchev–Trinajstić information content (AvgIpc) is 2.33. The van der Waals surface area contributed by atoms with Gasteiger partial charge in [0.2, 0.25) is 0 Å². The van der Waals surface area contributed by atoms with Crippen LogP contribution in [0.2, 0.25) is 0 Å². The Hall–Kier alpha value is -1.32. The molecule has 0 aliphatic heterocycles. The maximum absolute atomic E-state index is 8.66. The van der Waals surface area contributed by atoms with Crippen molar-refractivity contribution in [1.29, 1.82) is 0 Å². The molecule has 0 fully saturated rings. The molecule has 3 nitrogen and oxygen atoms in total. The third-order valence-corrected chi connectivity index (χ3v) is 2.21. The largest absolute Gasteiger partial charge is 0.490 e. The van der Waals surface area contributed by atoms with E-state index in [4.69, 9.17) is 9.84 Å². The number of quaternary nitrogens is 1. The molecule has 0 heterocycles. The van der Waals surface area contributed by atoms with Crippen LogP contribution in [0, 0.1) is 0 Å². The second-order valence-corrected chi connectivity index (χ2v) is 3.61. The number of aliphatic hydroxyl groups is 1. The molecule has 0 saturated carbocycles.